The molecule has 22 heavy (non-hydrogen) atoms. The molecule has 1 nitrogen and oxygen atoms in total. The summed E-state index contributed by atoms with van der Waals surface area (Å²) in [6, 6.07) is 16.1. The van der Waals surface area contributed by atoms with Gasteiger partial charge in [-0.25, -0.2) is 4.39 Å². The minimum absolute atomic E-state index is 0.230. The minimum atomic E-state index is -0.230. The molecule has 3 rings (SSSR count). The third-order valence-electron chi connectivity index (χ3n) is 3.20. The van der Waals surface area contributed by atoms with Crippen molar-refractivity contribution in [2.45, 2.75) is 0 Å². The first kappa shape index (κ1) is 14.4. The molecule has 0 atom stereocenters. The topological polar surface area (TPSA) is 9.23 Å². The predicted molar refractivity (Wildman–Crippen MR) is 88.7 cm³/mol. The Morgan fingerprint density at radius 3 is 2.32 bits per heavy atom. The number of ether oxygens (including phenoxy) is 1. The first-order valence-corrected chi connectivity index (χ1v) is 7.64. The van der Waals surface area contributed by atoms with Gasteiger partial charge in [0.05, 0.1) is 7.11 Å². The maximum absolute atomic E-state index is 13.0. The van der Waals surface area contributed by atoms with Gasteiger partial charge in [-0.1, -0.05) is 24.0 Å². The fourth-order valence-corrected chi connectivity index (χ4v) is 2.90. The second-order valence-corrected chi connectivity index (χ2v) is 5.56. The van der Waals surface area contributed by atoms with Crippen molar-refractivity contribution in [2.75, 3.05) is 7.11 Å². The summed E-state index contributed by atoms with van der Waals surface area (Å²) < 4.78 is 18.2. The quantitative estimate of drug-likeness (QED) is 0.608. The number of methoxy groups -OCH3 is 1. The molecule has 0 saturated carbocycles. The van der Waals surface area contributed by atoms with Crippen LogP contribution in [-0.4, -0.2) is 7.11 Å². The van der Waals surface area contributed by atoms with Gasteiger partial charge in [-0.2, -0.15) is 0 Å². The molecule has 3 aromatic rings. The van der Waals surface area contributed by atoms with Crippen LogP contribution in [0.15, 0.2) is 60.0 Å². The monoisotopic (exact) mass is 308 g/mol. The number of benzene rings is 2. The van der Waals surface area contributed by atoms with E-state index in [1.54, 1.807) is 30.6 Å². The number of thiophene rings is 1. The zero-order valence-corrected chi connectivity index (χ0v) is 12.8. The van der Waals surface area contributed by atoms with Crippen LogP contribution in [0.4, 0.5) is 4.39 Å². The number of halogens is 1. The second-order valence-electron chi connectivity index (χ2n) is 4.65. The van der Waals surface area contributed by atoms with Gasteiger partial charge < -0.3 is 4.74 Å². The summed E-state index contributed by atoms with van der Waals surface area (Å²) in [5.74, 6) is 6.92. The van der Waals surface area contributed by atoms with Crippen LogP contribution in [0.25, 0.3) is 10.4 Å². The van der Waals surface area contributed by atoms with Crippen molar-refractivity contribution in [2.24, 2.45) is 0 Å². The van der Waals surface area contributed by atoms with E-state index in [2.05, 4.69) is 11.8 Å². The van der Waals surface area contributed by atoms with E-state index in [1.165, 1.54) is 12.1 Å². The zero-order valence-electron chi connectivity index (χ0n) is 12.0. The van der Waals surface area contributed by atoms with E-state index >= 15 is 0 Å². The van der Waals surface area contributed by atoms with Crippen LogP contribution in [0.5, 0.6) is 5.75 Å². The molecule has 0 radical (unpaired) electrons. The Hall–Kier alpha value is -2.57. The van der Waals surface area contributed by atoms with Gasteiger partial charge in [0.1, 0.15) is 11.6 Å². The average Bonchev–Trinajstić information content (AvgIpc) is 3.02. The lowest BCUT2D eigenvalue weighted by Crippen LogP contribution is -1.82. The van der Waals surface area contributed by atoms with Crippen molar-refractivity contribution in [3.8, 4) is 28.0 Å². The van der Waals surface area contributed by atoms with Crippen LogP contribution in [0.2, 0.25) is 0 Å². The molecule has 0 spiro atoms. The van der Waals surface area contributed by atoms with Crippen LogP contribution in [-0.2, 0) is 0 Å². The summed E-state index contributed by atoms with van der Waals surface area (Å²) in [6.45, 7) is 0. The molecular weight excluding hydrogens is 295 g/mol. The van der Waals surface area contributed by atoms with Crippen LogP contribution in [0.3, 0.4) is 0 Å². The fourth-order valence-electron chi connectivity index (χ4n) is 2.05. The summed E-state index contributed by atoms with van der Waals surface area (Å²) in [7, 11) is 1.64. The molecule has 1 heterocycles. The Kier molecular flexibility index (Phi) is 4.22. The standard InChI is InChI=1S/C19H13FOS/c1-21-18-10-3-14(4-11-18)2-5-16-12-13-22-19(16)15-6-8-17(20)9-7-15/h3-4,6-13H,1H3. The Bertz CT molecular complexity index is 820. The molecule has 0 aliphatic carbocycles. The molecule has 3 heteroatoms. The number of hydrogen-bond donors (Lipinski definition) is 0. The van der Waals surface area contributed by atoms with E-state index in [-0.39, 0.29) is 5.82 Å². The van der Waals surface area contributed by atoms with Gasteiger partial charge in [0.2, 0.25) is 0 Å². The first-order valence-electron chi connectivity index (χ1n) is 6.76. The van der Waals surface area contributed by atoms with Gasteiger partial charge in [-0.3, -0.25) is 0 Å². The summed E-state index contributed by atoms with van der Waals surface area (Å²) in [4.78, 5) is 1.06. The highest BCUT2D eigenvalue weighted by molar-refractivity contribution is 7.13. The Balaban J connectivity index is 1.89. The highest BCUT2D eigenvalue weighted by Gasteiger charge is 2.05. The molecule has 0 saturated heterocycles. The smallest absolute Gasteiger partial charge is 0.123 e. The van der Waals surface area contributed by atoms with Crippen molar-refractivity contribution in [1.29, 1.82) is 0 Å². The van der Waals surface area contributed by atoms with Gasteiger partial charge in [-0.05, 0) is 53.4 Å². The summed E-state index contributed by atoms with van der Waals surface area (Å²) in [5.41, 5.74) is 2.86. The molecule has 0 aliphatic rings. The van der Waals surface area contributed by atoms with Gasteiger partial charge >= 0.3 is 0 Å². The largest absolute Gasteiger partial charge is 0.497 e. The SMILES string of the molecule is COc1ccc(C#Cc2ccsc2-c2ccc(F)cc2)cc1. The third kappa shape index (κ3) is 3.19. The summed E-state index contributed by atoms with van der Waals surface area (Å²) >= 11 is 1.60. The second kappa shape index (κ2) is 6.46. The highest BCUT2D eigenvalue weighted by atomic mass is 32.1. The van der Waals surface area contributed by atoms with Gasteiger partial charge in [0.25, 0.3) is 0 Å². The van der Waals surface area contributed by atoms with Crippen LogP contribution < -0.4 is 4.74 Å². The highest BCUT2D eigenvalue weighted by Crippen LogP contribution is 2.29. The normalized spacial score (nSPS) is 9.91. The lowest BCUT2D eigenvalue weighted by molar-refractivity contribution is 0.415. The van der Waals surface area contributed by atoms with E-state index in [1.807, 2.05) is 35.7 Å². The van der Waals surface area contributed by atoms with Crippen molar-refractivity contribution in [1.82, 2.24) is 0 Å². The Morgan fingerprint density at radius 1 is 0.909 bits per heavy atom. The van der Waals surface area contributed by atoms with Crippen molar-refractivity contribution in [3.05, 3.63) is 76.9 Å². The lowest BCUT2D eigenvalue weighted by Gasteiger charge is -1.99. The number of rotatable bonds is 2. The van der Waals surface area contributed by atoms with E-state index < -0.39 is 0 Å². The maximum atomic E-state index is 13.0. The van der Waals surface area contributed by atoms with E-state index in [9.17, 15) is 4.39 Å². The van der Waals surface area contributed by atoms with Crippen molar-refractivity contribution < 1.29 is 9.13 Å². The maximum Gasteiger partial charge on any atom is 0.123 e. The summed E-state index contributed by atoms with van der Waals surface area (Å²) in [5, 5.41) is 2.00. The van der Waals surface area contributed by atoms with Gasteiger partial charge in [0.15, 0.2) is 0 Å². The molecule has 1 aromatic heterocycles. The minimum Gasteiger partial charge on any atom is -0.497 e. The lowest BCUT2D eigenvalue weighted by atomic mass is 10.1. The van der Waals surface area contributed by atoms with Crippen LogP contribution in [0.1, 0.15) is 11.1 Å². The third-order valence-corrected chi connectivity index (χ3v) is 4.17. The van der Waals surface area contributed by atoms with E-state index in [0.29, 0.717) is 0 Å². The molecule has 0 aliphatic heterocycles. The van der Waals surface area contributed by atoms with E-state index in [0.717, 1.165) is 27.3 Å². The fraction of sp³-hybridized carbons (Fsp3) is 0.0526. The average molecular weight is 308 g/mol. The van der Waals surface area contributed by atoms with Gasteiger partial charge in [0, 0.05) is 16.0 Å². The number of hydrogen-bond acceptors (Lipinski definition) is 2. The van der Waals surface area contributed by atoms with Crippen molar-refractivity contribution in [3.63, 3.8) is 0 Å². The van der Waals surface area contributed by atoms with Crippen molar-refractivity contribution >= 4 is 11.3 Å². The predicted octanol–water partition coefficient (Wildman–Crippen LogP) is 4.96. The zero-order chi connectivity index (χ0) is 15.4. The molecule has 0 fully saturated rings. The van der Waals surface area contributed by atoms with Crippen LogP contribution >= 0.6 is 11.3 Å². The first-order chi connectivity index (χ1) is 10.8. The molecule has 0 unspecified atom stereocenters. The molecule has 0 bridgehead atoms. The Morgan fingerprint density at radius 2 is 1.64 bits per heavy atom. The van der Waals surface area contributed by atoms with E-state index in [4.69, 9.17) is 4.74 Å². The molecule has 108 valence electrons. The molecule has 0 amide bonds. The molecular formula is C19H13FOS. The van der Waals surface area contributed by atoms with Gasteiger partial charge in [-0.15, -0.1) is 11.3 Å². The van der Waals surface area contributed by atoms with Crippen LogP contribution in [0, 0.1) is 17.7 Å². The molecule has 0 N–H and O–H groups in total. The summed E-state index contributed by atoms with van der Waals surface area (Å²) in [6.07, 6.45) is 0. The Labute approximate surface area is 133 Å². The molecule has 2 aromatic carbocycles.